The fraction of sp³-hybridized carbons (Fsp3) is 0.400. The molecule has 0 unspecified atom stereocenters. The minimum atomic E-state index is -2.84. The van der Waals surface area contributed by atoms with Crippen LogP contribution in [0.2, 0.25) is 0 Å². The molecule has 23 heavy (non-hydrogen) atoms. The van der Waals surface area contributed by atoms with Crippen molar-refractivity contribution in [3.05, 3.63) is 42.5 Å². The molecular formula is C15H18F2N4O2. The highest BCUT2D eigenvalue weighted by molar-refractivity contribution is 5.76. The lowest BCUT2D eigenvalue weighted by Crippen LogP contribution is -2.35. The molecule has 6 nitrogen and oxygen atoms in total. The van der Waals surface area contributed by atoms with Crippen LogP contribution in [0, 0.1) is 0 Å². The number of alkyl halides is 2. The van der Waals surface area contributed by atoms with Gasteiger partial charge in [0.15, 0.2) is 0 Å². The summed E-state index contributed by atoms with van der Waals surface area (Å²) in [5.41, 5.74) is 0.880. The Hall–Kier alpha value is -2.51. The maximum atomic E-state index is 12.0. The molecule has 0 bridgehead atoms. The van der Waals surface area contributed by atoms with E-state index in [4.69, 9.17) is 0 Å². The van der Waals surface area contributed by atoms with E-state index in [1.165, 1.54) is 18.5 Å². The van der Waals surface area contributed by atoms with Crippen LogP contribution in [0.25, 0.3) is 0 Å². The summed E-state index contributed by atoms with van der Waals surface area (Å²) >= 11 is 0. The van der Waals surface area contributed by atoms with Crippen LogP contribution in [-0.2, 0) is 17.8 Å². The summed E-state index contributed by atoms with van der Waals surface area (Å²) in [5.74, 6) is 0.0279. The SMILES string of the molecule is C[C@H](Cn1cncn1)NC(=O)CCc1ccc(OC(F)F)cc1. The van der Waals surface area contributed by atoms with Crippen molar-refractivity contribution in [2.45, 2.75) is 39.0 Å². The molecule has 0 aliphatic rings. The molecule has 0 spiro atoms. The predicted molar refractivity (Wildman–Crippen MR) is 79.0 cm³/mol. The lowest BCUT2D eigenvalue weighted by Gasteiger charge is -2.13. The molecule has 1 amide bonds. The first kappa shape index (κ1) is 16.9. The van der Waals surface area contributed by atoms with Crippen LogP contribution in [0.3, 0.4) is 0 Å². The van der Waals surface area contributed by atoms with E-state index in [0.29, 0.717) is 19.4 Å². The van der Waals surface area contributed by atoms with Gasteiger partial charge in [0.05, 0.1) is 6.54 Å². The summed E-state index contributed by atoms with van der Waals surface area (Å²) in [6.45, 7) is -0.403. The van der Waals surface area contributed by atoms with E-state index in [1.54, 1.807) is 23.1 Å². The fourth-order valence-corrected chi connectivity index (χ4v) is 2.10. The first-order chi connectivity index (χ1) is 11.0. The quantitative estimate of drug-likeness (QED) is 0.806. The van der Waals surface area contributed by atoms with E-state index in [-0.39, 0.29) is 17.7 Å². The van der Waals surface area contributed by atoms with Crippen LogP contribution in [0.4, 0.5) is 8.78 Å². The van der Waals surface area contributed by atoms with Gasteiger partial charge >= 0.3 is 6.61 Å². The molecule has 1 aromatic carbocycles. The minimum absolute atomic E-state index is 0.0639. The summed E-state index contributed by atoms with van der Waals surface area (Å²) in [5, 5.41) is 6.85. The number of nitrogens with one attached hydrogen (secondary N) is 1. The average Bonchev–Trinajstić information content (AvgIpc) is 2.98. The topological polar surface area (TPSA) is 69.0 Å². The Morgan fingerprint density at radius 3 is 2.70 bits per heavy atom. The van der Waals surface area contributed by atoms with E-state index in [0.717, 1.165) is 5.56 Å². The molecule has 124 valence electrons. The average molecular weight is 324 g/mol. The summed E-state index contributed by atoms with van der Waals surface area (Å²) in [6, 6.07) is 6.21. The molecule has 1 N–H and O–H groups in total. The lowest BCUT2D eigenvalue weighted by molar-refractivity contribution is -0.121. The van der Waals surface area contributed by atoms with Crippen LogP contribution >= 0.6 is 0 Å². The van der Waals surface area contributed by atoms with E-state index < -0.39 is 6.61 Å². The molecule has 8 heteroatoms. The molecule has 0 aliphatic carbocycles. The third-order valence-corrected chi connectivity index (χ3v) is 3.12. The van der Waals surface area contributed by atoms with Gasteiger partial charge < -0.3 is 10.1 Å². The van der Waals surface area contributed by atoms with Gasteiger partial charge in [-0.2, -0.15) is 13.9 Å². The molecule has 0 saturated carbocycles. The van der Waals surface area contributed by atoms with Crippen molar-refractivity contribution in [2.24, 2.45) is 0 Å². The van der Waals surface area contributed by atoms with Crippen molar-refractivity contribution in [2.75, 3.05) is 0 Å². The van der Waals surface area contributed by atoms with Crippen LogP contribution in [0.5, 0.6) is 5.75 Å². The summed E-state index contributed by atoms with van der Waals surface area (Å²) in [6.07, 6.45) is 3.87. The Labute approximate surface area is 132 Å². The molecule has 1 atom stereocenters. The number of benzene rings is 1. The molecule has 0 aliphatic heterocycles. The van der Waals surface area contributed by atoms with E-state index >= 15 is 0 Å². The molecule has 1 heterocycles. The summed E-state index contributed by atoms with van der Waals surface area (Å²) < 4.78 is 30.0. The summed E-state index contributed by atoms with van der Waals surface area (Å²) in [4.78, 5) is 15.7. The number of aromatic nitrogens is 3. The van der Waals surface area contributed by atoms with Crippen molar-refractivity contribution < 1.29 is 18.3 Å². The third kappa shape index (κ3) is 6.01. The standard InChI is InChI=1S/C15H18F2N4O2/c1-11(8-21-10-18-9-19-21)20-14(22)7-4-12-2-5-13(6-3-12)23-15(16)17/h2-3,5-6,9-11,15H,4,7-8H2,1H3,(H,20,22)/t11-/m1/s1. The second-order valence-corrected chi connectivity index (χ2v) is 5.11. The van der Waals surface area contributed by atoms with Crippen LogP contribution in [0.15, 0.2) is 36.9 Å². The van der Waals surface area contributed by atoms with Crippen LogP contribution < -0.4 is 10.1 Å². The van der Waals surface area contributed by atoms with Gasteiger partial charge in [-0.15, -0.1) is 0 Å². The highest BCUT2D eigenvalue weighted by Gasteiger charge is 2.09. The number of hydrogen-bond donors (Lipinski definition) is 1. The van der Waals surface area contributed by atoms with E-state index in [2.05, 4.69) is 20.1 Å². The van der Waals surface area contributed by atoms with Crippen LogP contribution in [-0.4, -0.2) is 33.3 Å². The number of hydrogen-bond acceptors (Lipinski definition) is 4. The Bertz CT molecular complexity index is 602. The molecule has 2 rings (SSSR count). The number of halogens is 2. The smallest absolute Gasteiger partial charge is 0.387 e. The predicted octanol–water partition coefficient (Wildman–Crippen LogP) is 2.02. The van der Waals surface area contributed by atoms with Gasteiger partial charge in [-0.1, -0.05) is 12.1 Å². The van der Waals surface area contributed by atoms with Crippen molar-refractivity contribution >= 4 is 5.91 Å². The third-order valence-electron chi connectivity index (χ3n) is 3.12. The van der Waals surface area contributed by atoms with E-state index in [1.807, 2.05) is 6.92 Å². The minimum Gasteiger partial charge on any atom is -0.435 e. The van der Waals surface area contributed by atoms with Gasteiger partial charge in [0.1, 0.15) is 18.4 Å². The Morgan fingerprint density at radius 2 is 2.09 bits per heavy atom. The maximum Gasteiger partial charge on any atom is 0.387 e. The number of ether oxygens (including phenoxy) is 1. The fourth-order valence-electron chi connectivity index (χ4n) is 2.10. The molecule has 0 radical (unpaired) electrons. The lowest BCUT2D eigenvalue weighted by atomic mass is 10.1. The Kier molecular flexibility index (Phi) is 6.02. The van der Waals surface area contributed by atoms with Gasteiger partial charge in [-0.3, -0.25) is 9.48 Å². The van der Waals surface area contributed by atoms with Gasteiger partial charge in [-0.25, -0.2) is 4.98 Å². The zero-order valence-corrected chi connectivity index (χ0v) is 12.7. The number of carbonyl (C=O) groups is 1. The first-order valence-corrected chi connectivity index (χ1v) is 7.18. The zero-order chi connectivity index (χ0) is 16.7. The molecular weight excluding hydrogens is 306 g/mol. The number of nitrogens with zero attached hydrogens (tertiary/aromatic N) is 3. The van der Waals surface area contributed by atoms with Crippen molar-refractivity contribution in [1.29, 1.82) is 0 Å². The number of rotatable bonds is 8. The van der Waals surface area contributed by atoms with Gasteiger partial charge in [0.2, 0.25) is 5.91 Å². The largest absolute Gasteiger partial charge is 0.435 e. The van der Waals surface area contributed by atoms with E-state index in [9.17, 15) is 13.6 Å². The molecule has 0 fully saturated rings. The van der Waals surface area contributed by atoms with Crippen LogP contribution in [0.1, 0.15) is 18.9 Å². The summed E-state index contributed by atoms with van der Waals surface area (Å²) in [7, 11) is 0. The second-order valence-electron chi connectivity index (χ2n) is 5.11. The van der Waals surface area contributed by atoms with Gasteiger partial charge in [0.25, 0.3) is 0 Å². The highest BCUT2D eigenvalue weighted by atomic mass is 19.3. The normalized spacial score (nSPS) is 12.2. The maximum absolute atomic E-state index is 12.0. The zero-order valence-electron chi connectivity index (χ0n) is 12.7. The monoisotopic (exact) mass is 324 g/mol. The molecule has 0 saturated heterocycles. The van der Waals surface area contributed by atoms with Crippen molar-refractivity contribution in [3.63, 3.8) is 0 Å². The van der Waals surface area contributed by atoms with Crippen molar-refractivity contribution in [3.8, 4) is 5.75 Å². The highest BCUT2D eigenvalue weighted by Crippen LogP contribution is 2.15. The molecule has 1 aromatic heterocycles. The first-order valence-electron chi connectivity index (χ1n) is 7.18. The number of amides is 1. The Morgan fingerprint density at radius 1 is 1.35 bits per heavy atom. The van der Waals surface area contributed by atoms with Crippen molar-refractivity contribution in [1.82, 2.24) is 20.1 Å². The van der Waals surface area contributed by atoms with Gasteiger partial charge in [0, 0.05) is 12.5 Å². The molecule has 2 aromatic rings. The number of carbonyl (C=O) groups excluding carboxylic acids is 1. The Balaban J connectivity index is 1.73. The van der Waals surface area contributed by atoms with Gasteiger partial charge in [-0.05, 0) is 31.0 Å². The number of aryl methyl sites for hydroxylation is 1. The second kappa shape index (κ2) is 8.21.